The van der Waals surface area contributed by atoms with Crippen LogP contribution in [0.1, 0.15) is 28.9 Å². The number of carboxylic acid groups (broad SMARTS) is 1. The van der Waals surface area contributed by atoms with E-state index in [2.05, 4.69) is 5.32 Å². The summed E-state index contributed by atoms with van der Waals surface area (Å²) in [4.78, 5) is 10.9. The van der Waals surface area contributed by atoms with Gasteiger partial charge in [-0.2, -0.15) is 0 Å². The molecule has 4 N–H and O–H groups in total. The number of halogens is 1. The monoisotopic (exact) mass is 291 g/mol. The minimum atomic E-state index is -1.35. The van der Waals surface area contributed by atoms with Gasteiger partial charge in [-0.3, -0.25) is 0 Å². The van der Waals surface area contributed by atoms with Gasteiger partial charge in [-0.1, -0.05) is 0 Å². The number of carboxylic acids is 1. The van der Waals surface area contributed by atoms with E-state index in [9.17, 15) is 19.4 Å². The molecule has 6 heteroatoms. The topological polar surface area (TPSA) is 89.8 Å². The van der Waals surface area contributed by atoms with Gasteiger partial charge in [0.1, 0.15) is 17.3 Å². The zero-order valence-corrected chi connectivity index (χ0v) is 11.2. The third-order valence-electron chi connectivity index (χ3n) is 3.00. The Labute approximate surface area is 120 Å². The zero-order valence-electron chi connectivity index (χ0n) is 11.2. The van der Waals surface area contributed by atoms with Crippen molar-refractivity contribution in [1.82, 2.24) is 0 Å². The Morgan fingerprint density at radius 1 is 1.14 bits per heavy atom. The van der Waals surface area contributed by atoms with Crippen LogP contribution < -0.4 is 5.32 Å². The predicted octanol–water partition coefficient (Wildman–Crippen LogP) is 3.11. The lowest BCUT2D eigenvalue weighted by Crippen LogP contribution is -2.08. The highest BCUT2D eigenvalue weighted by Crippen LogP contribution is 2.27. The molecule has 21 heavy (non-hydrogen) atoms. The van der Waals surface area contributed by atoms with Gasteiger partial charge in [0.05, 0.1) is 5.56 Å². The second-order valence-corrected chi connectivity index (χ2v) is 4.65. The molecule has 110 valence electrons. The zero-order chi connectivity index (χ0) is 15.6. The standard InChI is InChI=1S/C15H14FNO4/c1-8(9-4-11(18)7-12(19)5-9)17-10-2-3-14(16)13(6-10)15(20)21/h2-8,17-19H,1H3,(H,20,21). The molecular weight excluding hydrogens is 277 g/mol. The Balaban J connectivity index is 2.25. The molecule has 0 aromatic heterocycles. The lowest BCUT2D eigenvalue weighted by atomic mass is 10.1. The first-order valence-corrected chi connectivity index (χ1v) is 6.19. The number of hydrogen-bond donors (Lipinski definition) is 4. The van der Waals surface area contributed by atoms with Crippen LogP contribution in [-0.4, -0.2) is 21.3 Å². The molecule has 0 saturated heterocycles. The maximum absolute atomic E-state index is 13.3. The highest BCUT2D eigenvalue weighted by Gasteiger charge is 2.13. The molecule has 0 aliphatic carbocycles. The third-order valence-corrected chi connectivity index (χ3v) is 3.00. The van der Waals surface area contributed by atoms with E-state index in [0.717, 1.165) is 6.07 Å². The first-order chi connectivity index (χ1) is 9.86. The minimum Gasteiger partial charge on any atom is -0.508 e. The summed E-state index contributed by atoms with van der Waals surface area (Å²) >= 11 is 0. The van der Waals surface area contributed by atoms with Crippen molar-refractivity contribution in [2.24, 2.45) is 0 Å². The summed E-state index contributed by atoms with van der Waals surface area (Å²) in [7, 11) is 0. The Morgan fingerprint density at radius 3 is 2.33 bits per heavy atom. The Kier molecular flexibility index (Phi) is 3.98. The van der Waals surface area contributed by atoms with E-state index < -0.39 is 17.3 Å². The van der Waals surface area contributed by atoms with Crippen LogP contribution in [0.15, 0.2) is 36.4 Å². The molecule has 0 aliphatic rings. The van der Waals surface area contributed by atoms with Gasteiger partial charge in [0, 0.05) is 17.8 Å². The fourth-order valence-electron chi connectivity index (χ4n) is 1.98. The van der Waals surface area contributed by atoms with Crippen LogP contribution >= 0.6 is 0 Å². The third kappa shape index (κ3) is 3.42. The van der Waals surface area contributed by atoms with Crippen LogP contribution in [0.25, 0.3) is 0 Å². The maximum atomic E-state index is 13.3. The number of phenolic OH excluding ortho intramolecular Hbond substituents is 2. The number of nitrogens with one attached hydrogen (secondary N) is 1. The Hall–Kier alpha value is -2.76. The first-order valence-electron chi connectivity index (χ1n) is 6.19. The van der Waals surface area contributed by atoms with Gasteiger partial charge in [-0.25, -0.2) is 9.18 Å². The molecule has 0 radical (unpaired) electrons. The van der Waals surface area contributed by atoms with E-state index in [1.54, 1.807) is 6.92 Å². The van der Waals surface area contributed by atoms with Gasteiger partial charge in [0.2, 0.25) is 0 Å². The summed E-state index contributed by atoms with van der Waals surface area (Å²) < 4.78 is 13.3. The summed E-state index contributed by atoms with van der Waals surface area (Å²) in [6.07, 6.45) is 0. The highest BCUT2D eigenvalue weighted by molar-refractivity contribution is 5.89. The molecule has 2 aromatic carbocycles. The van der Waals surface area contributed by atoms with Crippen molar-refractivity contribution in [1.29, 1.82) is 0 Å². The molecule has 0 saturated carbocycles. The van der Waals surface area contributed by atoms with Crippen LogP contribution in [0.4, 0.5) is 10.1 Å². The lowest BCUT2D eigenvalue weighted by Gasteiger charge is -2.17. The maximum Gasteiger partial charge on any atom is 0.338 e. The van der Waals surface area contributed by atoms with Crippen LogP contribution in [0.2, 0.25) is 0 Å². The van der Waals surface area contributed by atoms with Gasteiger partial charge in [-0.15, -0.1) is 0 Å². The summed E-state index contributed by atoms with van der Waals surface area (Å²) in [6.45, 7) is 1.76. The molecule has 5 nitrogen and oxygen atoms in total. The van der Waals surface area contributed by atoms with Crippen molar-refractivity contribution in [3.05, 3.63) is 53.3 Å². The van der Waals surface area contributed by atoms with E-state index >= 15 is 0 Å². The first kappa shape index (κ1) is 14.6. The molecule has 0 spiro atoms. The second-order valence-electron chi connectivity index (χ2n) is 4.65. The molecule has 0 aliphatic heterocycles. The molecule has 2 rings (SSSR count). The van der Waals surface area contributed by atoms with Crippen molar-refractivity contribution < 1.29 is 24.5 Å². The summed E-state index contributed by atoms with van der Waals surface area (Å²) in [5.74, 6) is -2.32. The Bertz CT molecular complexity index is 667. The molecule has 0 fully saturated rings. The minimum absolute atomic E-state index is 0.0796. The van der Waals surface area contributed by atoms with Crippen molar-refractivity contribution in [2.75, 3.05) is 5.32 Å². The number of benzene rings is 2. The number of aromatic hydroxyl groups is 2. The van der Waals surface area contributed by atoms with Crippen LogP contribution in [0.5, 0.6) is 11.5 Å². The van der Waals surface area contributed by atoms with E-state index in [1.807, 2.05) is 0 Å². The number of aromatic carboxylic acids is 1. The summed E-state index contributed by atoms with van der Waals surface area (Å²) in [6, 6.07) is 7.50. The van der Waals surface area contributed by atoms with Gasteiger partial charge < -0.3 is 20.6 Å². The number of hydrogen-bond acceptors (Lipinski definition) is 4. The van der Waals surface area contributed by atoms with E-state index in [-0.39, 0.29) is 17.5 Å². The smallest absolute Gasteiger partial charge is 0.338 e. The SMILES string of the molecule is CC(Nc1ccc(F)c(C(=O)O)c1)c1cc(O)cc(O)c1. The average molecular weight is 291 g/mol. The Morgan fingerprint density at radius 2 is 1.76 bits per heavy atom. The molecular formula is C15H14FNO4. The average Bonchev–Trinajstić information content (AvgIpc) is 2.39. The van der Waals surface area contributed by atoms with E-state index in [4.69, 9.17) is 5.11 Å². The van der Waals surface area contributed by atoms with Crippen molar-refractivity contribution in [3.8, 4) is 11.5 Å². The van der Waals surface area contributed by atoms with Gasteiger partial charge in [0.25, 0.3) is 0 Å². The molecule has 1 unspecified atom stereocenters. The van der Waals surface area contributed by atoms with Gasteiger partial charge in [0.15, 0.2) is 0 Å². The summed E-state index contributed by atoms with van der Waals surface area (Å²) in [5, 5.41) is 30.8. The van der Waals surface area contributed by atoms with Crippen molar-refractivity contribution in [3.63, 3.8) is 0 Å². The van der Waals surface area contributed by atoms with Crippen LogP contribution in [0.3, 0.4) is 0 Å². The predicted molar refractivity (Wildman–Crippen MR) is 75.2 cm³/mol. The van der Waals surface area contributed by atoms with Gasteiger partial charge >= 0.3 is 5.97 Å². The van der Waals surface area contributed by atoms with Crippen LogP contribution in [-0.2, 0) is 0 Å². The number of phenols is 2. The van der Waals surface area contributed by atoms with Crippen molar-refractivity contribution >= 4 is 11.7 Å². The lowest BCUT2D eigenvalue weighted by molar-refractivity contribution is 0.0692. The highest BCUT2D eigenvalue weighted by atomic mass is 19.1. The van der Waals surface area contributed by atoms with E-state index in [1.165, 1.54) is 30.3 Å². The summed E-state index contributed by atoms with van der Waals surface area (Å²) in [5.41, 5.74) is 0.601. The van der Waals surface area contributed by atoms with Crippen molar-refractivity contribution in [2.45, 2.75) is 13.0 Å². The molecule has 0 bridgehead atoms. The number of rotatable bonds is 4. The molecule has 2 aromatic rings. The number of anilines is 1. The fraction of sp³-hybridized carbons (Fsp3) is 0.133. The largest absolute Gasteiger partial charge is 0.508 e. The quantitative estimate of drug-likeness (QED) is 0.695. The van der Waals surface area contributed by atoms with Gasteiger partial charge in [-0.05, 0) is 42.8 Å². The van der Waals surface area contributed by atoms with E-state index in [0.29, 0.717) is 11.3 Å². The second kappa shape index (κ2) is 5.70. The number of carbonyl (C=O) groups is 1. The normalized spacial score (nSPS) is 11.9. The molecule has 0 heterocycles. The molecule has 1 atom stereocenters. The molecule has 0 amide bonds. The fourth-order valence-corrected chi connectivity index (χ4v) is 1.98. The van der Waals surface area contributed by atoms with Crippen LogP contribution in [0, 0.1) is 5.82 Å².